The third-order valence-electron chi connectivity index (χ3n) is 4.22. The Hall–Kier alpha value is -0.393. The number of rotatable bonds is 9. The van der Waals surface area contributed by atoms with Gasteiger partial charge >= 0.3 is 5.97 Å². The van der Waals surface area contributed by atoms with Crippen LogP contribution in [0.15, 0.2) is 0 Å². The Morgan fingerprint density at radius 3 is 1.85 bits per heavy atom. The van der Waals surface area contributed by atoms with Crippen LogP contribution in [0.3, 0.4) is 0 Å². The molecule has 4 nitrogen and oxygen atoms in total. The van der Waals surface area contributed by atoms with Gasteiger partial charge in [-0.15, -0.1) is 0 Å². The number of carbonyl (C=O) groups is 1. The predicted octanol–water partition coefficient (Wildman–Crippen LogP) is 3.46. The van der Waals surface area contributed by atoms with Gasteiger partial charge in [0, 0.05) is 6.61 Å². The first-order valence-corrected chi connectivity index (χ1v) is 9.81. The first-order valence-electron chi connectivity index (χ1n) is 7.67. The summed E-state index contributed by atoms with van der Waals surface area (Å²) in [5.41, 5.74) is 7.48. The Balaban J connectivity index is 4.47. The number of nitrogens with two attached hydrogens (primary N) is 1. The summed E-state index contributed by atoms with van der Waals surface area (Å²) in [6, 6.07) is -0.531. The zero-order valence-corrected chi connectivity index (χ0v) is 15.2. The Bertz CT molecular complexity index is 271. The van der Waals surface area contributed by atoms with E-state index in [1.54, 1.807) is 0 Å². The van der Waals surface area contributed by atoms with E-state index in [1.165, 1.54) is 7.11 Å². The standard InChI is InChI=1S/C15H33NO3Si/c1-11(2)20(12(3)4,13(5)6)19-10-8-9-14(16)15(17)18-7/h11-14H,8-10,16H2,1-7H3/t14-/m0/s1. The number of ether oxygens (including phenoxy) is 1. The zero-order chi connectivity index (χ0) is 15.9. The van der Waals surface area contributed by atoms with Gasteiger partial charge in [-0.3, -0.25) is 4.79 Å². The third-order valence-corrected chi connectivity index (χ3v) is 10.3. The fourth-order valence-electron chi connectivity index (χ4n) is 3.32. The molecule has 0 spiro atoms. The molecular weight excluding hydrogens is 270 g/mol. The highest BCUT2D eigenvalue weighted by Crippen LogP contribution is 2.42. The van der Waals surface area contributed by atoms with E-state index in [4.69, 9.17) is 10.2 Å². The molecular formula is C15H33NO3Si. The molecule has 2 N–H and O–H groups in total. The van der Waals surface area contributed by atoms with Gasteiger partial charge in [0.1, 0.15) is 6.04 Å². The molecule has 0 amide bonds. The molecule has 0 aromatic heterocycles. The summed E-state index contributed by atoms with van der Waals surface area (Å²) in [4.78, 5) is 11.2. The highest BCUT2D eigenvalue weighted by Gasteiger charge is 2.44. The van der Waals surface area contributed by atoms with Crippen LogP contribution in [0, 0.1) is 0 Å². The number of carbonyl (C=O) groups excluding carboxylic acids is 1. The van der Waals surface area contributed by atoms with Crippen molar-refractivity contribution in [1.29, 1.82) is 0 Å². The quantitative estimate of drug-likeness (QED) is 0.402. The van der Waals surface area contributed by atoms with Crippen LogP contribution in [-0.4, -0.2) is 34.0 Å². The van der Waals surface area contributed by atoms with E-state index in [2.05, 4.69) is 46.3 Å². The summed E-state index contributed by atoms with van der Waals surface area (Å²) in [6.45, 7) is 14.3. The molecule has 0 fully saturated rings. The van der Waals surface area contributed by atoms with Crippen LogP contribution in [0.5, 0.6) is 0 Å². The first-order chi connectivity index (χ1) is 9.20. The summed E-state index contributed by atoms with van der Waals surface area (Å²) in [5.74, 6) is -0.343. The van der Waals surface area contributed by atoms with Gasteiger partial charge in [0.05, 0.1) is 7.11 Å². The summed E-state index contributed by atoms with van der Waals surface area (Å²) in [5, 5.41) is 0. The van der Waals surface area contributed by atoms with Gasteiger partial charge in [-0.1, -0.05) is 41.5 Å². The van der Waals surface area contributed by atoms with Crippen LogP contribution in [0.25, 0.3) is 0 Å². The molecule has 0 aliphatic rings. The van der Waals surface area contributed by atoms with E-state index < -0.39 is 14.4 Å². The Labute approximate surface area is 125 Å². The van der Waals surface area contributed by atoms with E-state index in [-0.39, 0.29) is 5.97 Å². The molecule has 0 saturated heterocycles. The highest BCUT2D eigenvalue weighted by atomic mass is 28.4. The molecule has 1 atom stereocenters. The summed E-state index contributed by atoms with van der Waals surface area (Å²) in [6.07, 6.45) is 1.42. The highest BCUT2D eigenvalue weighted by molar-refractivity contribution is 6.77. The average molecular weight is 304 g/mol. The second-order valence-corrected chi connectivity index (χ2v) is 11.9. The van der Waals surface area contributed by atoms with Crippen LogP contribution in [-0.2, 0) is 14.0 Å². The smallest absolute Gasteiger partial charge is 0.322 e. The lowest BCUT2D eigenvalue weighted by Crippen LogP contribution is -2.48. The van der Waals surface area contributed by atoms with Crippen molar-refractivity contribution < 1.29 is 14.0 Å². The molecule has 0 aromatic carbocycles. The molecule has 0 heterocycles. The molecule has 20 heavy (non-hydrogen) atoms. The van der Waals surface area contributed by atoms with E-state index in [0.717, 1.165) is 6.42 Å². The monoisotopic (exact) mass is 303 g/mol. The van der Waals surface area contributed by atoms with Crippen LogP contribution in [0.2, 0.25) is 16.6 Å². The maximum Gasteiger partial charge on any atom is 0.322 e. The summed E-state index contributed by atoms with van der Waals surface area (Å²) in [7, 11) is -0.424. The van der Waals surface area contributed by atoms with Crippen molar-refractivity contribution in [2.75, 3.05) is 13.7 Å². The number of esters is 1. The van der Waals surface area contributed by atoms with Crippen LogP contribution >= 0.6 is 0 Å². The van der Waals surface area contributed by atoms with E-state index in [9.17, 15) is 4.79 Å². The third kappa shape index (κ3) is 4.86. The van der Waals surface area contributed by atoms with Gasteiger partial charge in [0.2, 0.25) is 0 Å². The molecule has 0 aliphatic heterocycles. The maximum atomic E-state index is 11.2. The van der Waals surface area contributed by atoms with Crippen molar-refractivity contribution >= 4 is 14.3 Å². The van der Waals surface area contributed by atoms with Gasteiger partial charge in [-0.25, -0.2) is 0 Å². The fourth-order valence-corrected chi connectivity index (χ4v) is 8.82. The minimum Gasteiger partial charge on any atom is -0.468 e. The lowest BCUT2D eigenvalue weighted by Gasteiger charge is -2.42. The Kier molecular flexibility index (Phi) is 8.62. The molecule has 5 heteroatoms. The van der Waals surface area contributed by atoms with Crippen molar-refractivity contribution in [3.63, 3.8) is 0 Å². The molecule has 0 unspecified atom stereocenters. The van der Waals surface area contributed by atoms with E-state index >= 15 is 0 Å². The van der Waals surface area contributed by atoms with Crippen molar-refractivity contribution in [1.82, 2.24) is 0 Å². The lowest BCUT2D eigenvalue weighted by molar-refractivity contribution is -0.142. The van der Waals surface area contributed by atoms with Crippen molar-refractivity contribution in [3.8, 4) is 0 Å². The molecule has 0 saturated carbocycles. The predicted molar refractivity (Wildman–Crippen MR) is 86.2 cm³/mol. The molecule has 0 radical (unpaired) electrons. The molecule has 0 aromatic rings. The minimum atomic E-state index is -1.79. The fraction of sp³-hybridized carbons (Fsp3) is 0.933. The van der Waals surface area contributed by atoms with Gasteiger partial charge in [0.25, 0.3) is 0 Å². The van der Waals surface area contributed by atoms with Gasteiger partial charge < -0.3 is 14.9 Å². The number of hydrogen-bond donors (Lipinski definition) is 1. The summed E-state index contributed by atoms with van der Waals surface area (Å²) < 4.78 is 11.0. The molecule has 0 bridgehead atoms. The maximum absolute atomic E-state index is 11.2. The normalized spacial score (nSPS) is 14.2. The Morgan fingerprint density at radius 2 is 1.50 bits per heavy atom. The molecule has 120 valence electrons. The average Bonchev–Trinajstić information content (AvgIpc) is 2.35. The second kappa shape index (κ2) is 8.80. The molecule has 0 aliphatic carbocycles. The van der Waals surface area contributed by atoms with E-state index in [1.807, 2.05) is 0 Å². The zero-order valence-electron chi connectivity index (χ0n) is 14.2. The van der Waals surface area contributed by atoms with Gasteiger partial charge in [-0.05, 0) is 29.5 Å². The second-order valence-electron chi connectivity index (χ2n) is 6.44. The topological polar surface area (TPSA) is 61.5 Å². The summed E-state index contributed by atoms with van der Waals surface area (Å²) >= 11 is 0. The van der Waals surface area contributed by atoms with Gasteiger partial charge in [-0.2, -0.15) is 0 Å². The van der Waals surface area contributed by atoms with Crippen molar-refractivity contribution in [2.45, 2.75) is 77.0 Å². The lowest BCUT2D eigenvalue weighted by atomic mass is 10.2. The van der Waals surface area contributed by atoms with E-state index in [0.29, 0.717) is 29.7 Å². The van der Waals surface area contributed by atoms with Crippen LogP contribution in [0.4, 0.5) is 0 Å². The van der Waals surface area contributed by atoms with Gasteiger partial charge in [0.15, 0.2) is 8.32 Å². The largest absolute Gasteiger partial charge is 0.468 e. The van der Waals surface area contributed by atoms with Crippen LogP contribution in [0.1, 0.15) is 54.4 Å². The number of methoxy groups -OCH3 is 1. The minimum absolute atomic E-state index is 0.343. The number of hydrogen-bond acceptors (Lipinski definition) is 4. The SMILES string of the molecule is COC(=O)[C@@H](N)CCCO[Si](C(C)C)(C(C)C)C(C)C. The Morgan fingerprint density at radius 1 is 1.05 bits per heavy atom. The van der Waals surface area contributed by atoms with Crippen molar-refractivity contribution in [2.24, 2.45) is 5.73 Å². The van der Waals surface area contributed by atoms with Crippen molar-refractivity contribution in [3.05, 3.63) is 0 Å². The first kappa shape index (κ1) is 19.6. The van der Waals surface area contributed by atoms with Crippen LogP contribution < -0.4 is 5.73 Å². The molecule has 0 rings (SSSR count).